The van der Waals surface area contributed by atoms with Crippen molar-refractivity contribution in [2.24, 2.45) is 0 Å². The Morgan fingerprint density at radius 1 is 1.25 bits per heavy atom. The number of non-ortho nitro benzene ring substituents is 1. The Balaban J connectivity index is 1.65. The fraction of sp³-hybridized carbons (Fsp3) is 0.353. The fourth-order valence-corrected chi connectivity index (χ4v) is 3.14. The summed E-state index contributed by atoms with van der Waals surface area (Å²) in [7, 11) is 0. The van der Waals surface area contributed by atoms with E-state index in [1.54, 1.807) is 6.26 Å². The molecule has 3 rings (SSSR count). The quantitative estimate of drug-likeness (QED) is 0.618. The average Bonchev–Trinajstić information content (AvgIpc) is 3.29. The summed E-state index contributed by atoms with van der Waals surface area (Å²) in [5, 5.41) is 13.6. The average molecular weight is 330 g/mol. The van der Waals surface area contributed by atoms with Crippen LogP contribution >= 0.6 is 0 Å². The van der Waals surface area contributed by atoms with Crippen molar-refractivity contribution in [3.63, 3.8) is 0 Å². The molecular weight excluding hydrogens is 310 g/mol. The standard InChI is InChI=1S/C17H19N3O4/c21-17(13-5-7-14(8-6-13)20(22)23)18-12-15(16-4-3-11-24-16)19-9-1-2-10-19/h3-8,11,15H,1-2,9-10,12H2,(H,18,21)/p+1/t15-/m0/s1. The summed E-state index contributed by atoms with van der Waals surface area (Å²) in [5.41, 5.74) is 0.386. The van der Waals surface area contributed by atoms with Crippen molar-refractivity contribution in [2.45, 2.75) is 18.9 Å². The third-order valence-corrected chi connectivity index (χ3v) is 4.43. The molecule has 1 aliphatic rings. The summed E-state index contributed by atoms with van der Waals surface area (Å²) in [5.74, 6) is 0.635. The number of hydrogen-bond donors (Lipinski definition) is 2. The van der Waals surface area contributed by atoms with Crippen LogP contribution in [-0.2, 0) is 0 Å². The molecule has 1 aliphatic heterocycles. The molecule has 0 bridgehead atoms. The number of amides is 1. The van der Waals surface area contributed by atoms with Crippen LogP contribution in [0.5, 0.6) is 0 Å². The first kappa shape index (κ1) is 16.2. The molecule has 1 atom stereocenters. The van der Waals surface area contributed by atoms with Crippen molar-refractivity contribution in [2.75, 3.05) is 19.6 Å². The van der Waals surface area contributed by atoms with Gasteiger partial charge in [0.05, 0.1) is 30.8 Å². The van der Waals surface area contributed by atoms with Crippen LogP contribution in [0.4, 0.5) is 5.69 Å². The van der Waals surface area contributed by atoms with E-state index in [1.165, 1.54) is 42.0 Å². The van der Waals surface area contributed by atoms with Crippen molar-refractivity contribution in [3.8, 4) is 0 Å². The monoisotopic (exact) mass is 330 g/mol. The number of hydrogen-bond acceptors (Lipinski definition) is 4. The Bertz CT molecular complexity index is 691. The van der Waals surface area contributed by atoms with Gasteiger partial charge in [-0.3, -0.25) is 14.9 Å². The first-order valence-electron chi connectivity index (χ1n) is 8.06. The number of nitro benzene ring substituents is 1. The normalized spacial score (nSPS) is 16.0. The van der Waals surface area contributed by atoms with Gasteiger partial charge in [-0.25, -0.2) is 0 Å². The maximum absolute atomic E-state index is 12.3. The molecule has 1 fully saturated rings. The number of nitrogens with one attached hydrogen (secondary N) is 2. The molecule has 0 aliphatic carbocycles. The highest BCUT2D eigenvalue weighted by atomic mass is 16.6. The van der Waals surface area contributed by atoms with Crippen molar-refractivity contribution >= 4 is 11.6 Å². The lowest BCUT2D eigenvalue weighted by Gasteiger charge is -2.23. The molecule has 0 radical (unpaired) electrons. The molecular formula is C17H20N3O4+. The van der Waals surface area contributed by atoms with Crippen LogP contribution in [0.3, 0.4) is 0 Å². The molecule has 0 saturated carbocycles. The number of rotatable bonds is 6. The van der Waals surface area contributed by atoms with E-state index in [-0.39, 0.29) is 17.6 Å². The molecule has 2 heterocycles. The highest BCUT2D eigenvalue weighted by molar-refractivity contribution is 5.94. The van der Waals surface area contributed by atoms with E-state index in [1.807, 2.05) is 12.1 Å². The smallest absolute Gasteiger partial charge is 0.269 e. The van der Waals surface area contributed by atoms with E-state index < -0.39 is 4.92 Å². The zero-order valence-corrected chi connectivity index (χ0v) is 13.2. The third-order valence-electron chi connectivity index (χ3n) is 4.43. The van der Waals surface area contributed by atoms with Gasteiger partial charge in [-0.2, -0.15) is 0 Å². The van der Waals surface area contributed by atoms with E-state index in [9.17, 15) is 14.9 Å². The van der Waals surface area contributed by atoms with Crippen LogP contribution in [0, 0.1) is 10.1 Å². The first-order valence-corrected chi connectivity index (χ1v) is 8.06. The van der Waals surface area contributed by atoms with Crippen molar-refractivity contribution in [1.29, 1.82) is 0 Å². The number of quaternary nitrogens is 1. The molecule has 126 valence electrons. The van der Waals surface area contributed by atoms with Gasteiger partial charge in [0, 0.05) is 30.5 Å². The zero-order valence-electron chi connectivity index (χ0n) is 13.2. The predicted molar refractivity (Wildman–Crippen MR) is 86.8 cm³/mol. The molecule has 1 aromatic carbocycles. The topological polar surface area (TPSA) is 89.8 Å². The van der Waals surface area contributed by atoms with Crippen LogP contribution in [0.15, 0.2) is 47.1 Å². The van der Waals surface area contributed by atoms with Crippen LogP contribution in [0.2, 0.25) is 0 Å². The highest BCUT2D eigenvalue weighted by Crippen LogP contribution is 2.13. The predicted octanol–water partition coefficient (Wildman–Crippen LogP) is 1.34. The zero-order chi connectivity index (χ0) is 16.9. The third kappa shape index (κ3) is 3.62. The lowest BCUT2D eigenvalue weighted by molar-refractivity contribution is -0.919. The summed E-state index contributed by atoms with van der Waals surface area (Å²) < 4.78 is 5.54. The summed E-state index contributed by atoms with van der Waals surface area (Å²) in [6, 6.07) is 9.50. The van der Waals surface area contributed by atoms with Gasteiger partial charge in [0.2, 0.25) is 0 Å². The Morgan fingerprint density at radius 3 is 2.54 bits per heavy atom. The molecule has 0 unspecified atom stereocenters. The Hall–Kier alpha value is -2.67. The SMILES string of the molecule is O=C(NC[C@@H](c1ccco1)[NH+]1CCCC1)c1ccc([N+](=O)[O-])cc1. The molecule has 2 aromatic rings. The molecule has 0 spiro atoms. The van der Waals surface area contributed by atoms with E-state index in [0.29, 0.717) is 12.1 Å². The molecule has 7 nitrogen and oxygen atoms in total. The van der Waals surface area contributed by atoms with Gasteiger partial charge in [0.1, 0.15) is 0 Å². The summed E-state index contributed by atoms with van der Waals surface area (Å²) in [6.07, 6.45) is 4.02. The Morgan fingerprint density at radius 2 is 1.96 bits per heavy atom. The summed E-state index contributed by atoms with van der Waals surface area (Å²) >= 11 is 0. The number of carbonyl (C=O) groups is 1. The molecule has 2 N–H and O–H groups in total. The van der Waals surface area contributed by atoms with Gasteiger partial charge in [-0.1, -0.05) is 0 Å². The Kier molecular flexibility index (Phi) is 4.90. The van der Waals surface area contributed by atoms with Gasteiger partial charge in [-0.05, 0) is 24.3 Å². The van der Waals surface area contributed by atoms with Gasteiger partial charge >= 0.3 is 0 Å². The summed E-state index contributed by atoms with van der Waals surface area (Å²) in [4.78, 5) is 23.9. The van der Waals surface area contributed by atoms with Crippen LogP contribution in [0.1, 0.15) is 35.0 Å². The van der Waals surface area contributed by atoms with Crippen LogP contribution in [0.25, 0.3) is 0 Å². The van der Waals surface area contributed by atoms with Gasteiger partial charge in [-0.15, -0.1) is 0 Å². The number of nitro groups is 1. The van der Waals surface area contributed by atoms with Crippen LogP contribution in [-0.4, -0.2) is 30.5 Å². The second-order valence-corrected chi connectivity index (χ2v) is 5.95. The fourth-order valence-electron chi connectivity index (χ4n) is 3.14. The van der Waals surface area contributed by atoms with E-state index >= 15 is 0 Å². The second-order valence-electron chi connectivity index (χ2n) is 5.95. The molecule has 1 amide bonds. The first-order chi connectivity index (χ1) is 11.6. The minimum absolute atomic E-state index is 0.0264. The lowest BCUT2D eigenvalue weighted by atomic mass is 10.1. The highest BCUT2D eigenvalue weighted by Gasteiger charge is 2.29. The van der Waals surface area contributed by atoms with Crippen molar-refractivity contribution < 1.29 is 19.0 Å². The van der Waals surface area contributed by atoms with Gasteiger partial charge in [0.25, 0.3) is 11.6 Å². The van der Waals surface area contributed by atoms with E-state index in [4.69, 9.17) is 4.42 Å². The molecule has 24 heavy (non-hydrogen) atoms. The second kappa shape index (κ2) is 7.27. The van der Waals surface area contributed by atoms with E-state index in [0.717, 1.165) is 18.8 Å². The number of likely N-dealkylation sites (tertiary alicyclic amines) is 1. The largest absolute Gasteiger partial charge is 0.463 e. The van der Waals surface area contributed by atoms with Gasteiger partial charge in [0.15, 0.2) is 11.8 Å². The molecule has 7 heteroatoms. The lowest BCUT2D eigenvalue weighted by Crippen LogP contribution is -3.11. The number of nitrogens with zero attached hydrogens (tertiary/aromatic N) is 1. The maximum atomic E-state index is 12.3. The minimum atomic E-state index is -0.481. The Labute approximate surface area is 139 Å². The van der Waals surface area contributed by atoms with Crippen molar-refractivity contribution in [3.05, 3.63) is 64.1 Å². The molecule has 1 saturated heterocycles. The number of benzene rings is 1. The number of carbonyl (C=O) groups excluding carboxylic acids is 1. The summed E-state index contributed by atoms with van der Waals surface area (Å²) in [6.45, 7) is 2.61. The minimum Gasteiger partial charge on any atom is -0.463 e. The maximum Gasteiger partial charge on any atom is 0.269 e. The van der Waals surface area contributed by atoms with Crippen LogP contribution < -0.4 is 10.2 Å². The van der Waals surface area contributed by atoms with Gasteiger partial charge < -0.3 is 14.6 Å². The van der Waals surface area contributed by atoms with Crippen molar-refractivity contribution in [1.82, 2.24) is 5.32 Å². The molecule has 1 aromatic heterocycles. The van der Waals surface area contributed by atoms with E-state index in [2.05, 4.69) is 5.32 Å². The number of furan rings is 1.